The maximum atomic E-state index is 11.1. The SMILES string of the molecule is CCC1C=Nc2cc(S(N)(=O)=O)ccc2N1. The Bertz CT molecular complexity index is 537. The molecule has 1 aliphatic rings. The lowest BCUT2D eigenvalue weighted by Gasteiger charge is -2.20. The van der Waals surface area contributed by atoms with E-state index in [1.807, 2.05) is 6.92 Å². The van der Waals surface area contributed by atoms with Gasteiger partial charge in [0.1, 0.15) is 0 Å². The summed E-state index contributed by atoms with van der Waals surface area (Å²) in [5, 5.41) is 8.28. The first-order valence-corrected chi connectivity index (χ1v) is 6.53. The second-order valence-corrected chi connectivity index (χ2v) is 5.22. The topological polar surface area (TPSA) is 84.5 Å². The Balaban J connectivity index is 2.43. The molecule has 0 saturated heterocycles. The predicted molar refractivity (Wildman–Crippen MR) is 63.7 cm³/mol. The summed E-state index contributed by atoms with van der Waals surface area (Å²) in [7, 11) is -3.66. The molecule has 0 fully saturated rings. The second kappa shape index (κ2) is 3.88. The molecular formula is C10H13N3O2S. The van der Waals surface area contributed by atoms with E-state index >= 15 is 0 Å². The minimum absolute atomic E-state index is 0.0835. The fourth-order valence-corrected chi connectivity index (χ4v) is 2.07. The first-order chi connectivity index (χ1) is 7.50. The summed E-state index contributed by atoms with van der Waals surface area (Å²) >= 11 is 0. The number of primary sulfonamides is 1. The van der Waals surface area contributed by atoms with Crippen molar-refractivity contribution in [1.29, 1.82) is 0 Å². The lowest BCUT2D eigenvalue weighted by Crippen LogP contribution is -2.22. The summed E-state index contributed by atoms with van der Waals surface area (Å²) in [5.74, 6) is 0. The molecule has 16 heavy (non-hydrogen) atoms. The third kappa shape index (κ3) is 2.07. The van der Waals surface area contributed by atoms with Crippen molar-refractivity contribution >= 4 is 27.6 Å². The lowest BCUT2D eigenvalue weighted by molar-refractivity contribution is 0.598. The Hall–Kier alpha value is -1.40. The van der Waals surface area contributed by atoms with E-state index in [2.05, 4.69) is 10.3 Å². The number of benzene rings is 1. The van der Waals surface area contributed by atoms with Crippen molar-refractivity contribution < 1.29 is 8.42 Å². The largest absolute Gasteiger partial charge is 0.376 e. The van der Waals surface area contributed by atoms with Gasteiger partial charge in [-0.05, 0) is 24.6 Å². The number of nitrogens with zero attached hydrogens (tertiary/aromatic N) is 1. The second-order valence-electron chi connectivity index (χ2n) is 3.66. The zero-order valence-electron chi connectivity index (χ0n) is 8.84. The van der Waals surface area contributed by atoms with Crippen LogP contribution < -0.4 is 10.5 Å². The first-order valence-electron chi connectivity index (χ1n) is 4.98. The molecule has 1 aromatic rings. The van der Waals surface area contributed by atoms with Crippen LogP contribution in [0.15, 0.2) is 28.1 Å². The van der Waals surface area contributed by atoms with Crippen LogP contribution in [-0.4, -0.2) is 20.7 Å². The monoisotopic (exact) mass is 239 g/mol. The highest BCUT2D eigenvalue weighted by molar-refractivity contribution is 7.89. The van der Waals surface area contributed by atoms with Crippen LogP contribution in [0.1, 0.15) is 13.3 Å². The van der Waals surface area contributed by atoms with Crippen molar-refractivity contribution in [2.75, 3.05) is 5.32 Å². The van der Waals surface area contributed by atoms with E-state index in [-0.39, 0.29) is 10.9 Å². The molecule has 2 rings (SSSR count). The van der Waals surface area contributed by atoms with Crippen molar-refractivity contribution in [3.63, 3.8) is 0 Å². The zero-order valence-corrected chi connectivity index (χ0v) is 9.66. The van der Waals surface area contributed by atoms with Gasteiger partial charge in [-0.2, -0.15) is 0 Å². The molecule has 5 nitrogen and oxygen atoms in total. The number of nitrogens with one attached hydrogen (secondary N) is 1. The van der Waals surface area contributed by atoms with E-state index in [9.17, 15) is 8.42 Å². The van der Waals surface area contributed by atoms with E-state index in [1.165, 1.54) is 12.1 Å². The molecule has 1 aliphatic heterocycles. The first kappa shape index (κ1) is 11.1. The van der Waals surface area contributed by atoms with Crippen molar-refractivity contribution in [3.05, 3.63) is 18.2 Å². The molecular weight excluding hydrogens is 226 g/mol. The molecule has 1 atom stereocenters. The molecule has 0 amide bonds. The molecule has 3 N–H and O–H groups in total. The number of hydrogen-bond donors (Lipinski definition) is 2. The van der Waals surface area contributed by atoms with Gasteiger partial charge in [0, 0.05) is 6.21 Å². The lowest BCUT2D eigenvalue weighted by atomic mass is 10.1. The Labute approximate surface area is 94.4 Å². The highest BCUT2D eigenvalue weighted by Gasteiger charge is 2.15. The fourth-order valence-electron chi connectivity index (χ4n) is 1.53. The molecule has 0 aromatic heterocycles. The van der Waals surface area contributed by atoms with Gasteiger partial charge in [0.2, 0.25) is 10.0 Å². The van der Waals surface area contributed by atoms with E-state index in [0.29, 0.717) is 5.69 Å². The van der Waals surface area contributed by atoms with Crippen molar-refractivity contribution in [2.24, 2.45) is 10.1 Å². The summed E-state index contributed by atoms with van der Waals surface area (Å²) in [5.41, 5.74) is 1.44. The van der Waals surface area contributed by atoms with Crippen molar-refractivity contribution in [3.8, 4) is 0 Å². The van der Waals surface area contributed by atoms with Crippen LogP contribution in [0.25, 0.3) is 0 Å². The van der Waals surface area contributed by atoms with Crippen LogP contribution in [0.3, 0.4) is 0 Å². The maximum absolute atomic E-state index is 11.1. The number of fused-ring (bicyclic) bond motifs is 1. The zero-order chi connectivity index (χ0) is 11.8. The predicted octanol–water partition coefficient (Wildman–Crippen LogP) is 1.24. The standard InChI is InChI=1S/C10H13N3O2S/c1-2-7-6-12-10-5-8(16(11,14)15)3-4-9(10)13-7/h3-7,13H,2H2,1H3,(H2,11,14,15). The van der Waals surface area contributed by atoms with Crippen molar-refractivity contribution in [1.82, 2.24) is 0 Å². The summed E-state index contributed by atoms with van der Waals surface area (Å²) in [6.07, 6.45) is 2.70. The quantitative estimate of drug-likeness (QED) is 0.814. The van der Waals surface area contributed by atoms with Crippen LogP contribution in [0.5, 0.6) is 0 Å². The van der Waals surface area contributed by atoms with Gasteiger partial charge in [-0.1, -0.05) is 6.92 Å². The van der Waals surface area contributed by atoms with E-state index in [1.54, 1.807) is 12.3 Å². The molecule has 0 spiro atoms. The Morgan fingerprint density at radius 1 is 1.50 bits per heavy atom. The molecule has 0 bridgehead atoms. The van der Waals surface area contributed by atoms with Crippen LogP contribution >= 0.6 is 0 Å². The van der Waals surface area contributed by atoms with Gasteiger partial charge in [0.15, 0.2) is 0 Å². The number of sulfonamides is 1. The molecule has 0 radical (unpaired) electrons. The van der Waals surface area contributed by atoms with Crippen molar-refractivity contribution in [2.45, 2.75) is 24.3 Å². The van der Waals surface area contributed by atoms with Crippen LogP contribution in [0.4, 0.5) is 11.4 Å². The fraction of sp³-hybridized carbons (Fsp3) is 0.300. The highest BCUT2D eigenvalue weighted by atomic mass is 32.2. The smallest absolute Gasteiger partial charge is 0.238 e. The molecule has 0 aliphatic carbocycles. The van der Waals surface area contributed by atoms with Crippen LogP contribution in [0, 0.1) is 0 Å². The Kier molecular flexibility index (Phi) is 2.69. The Morgan fingerprint density at radius 2 is 2.25 bits per heavy atom. The van der Waals surface area contributed by atoms with E-state index < -0.39 is 10.0 Å². The summed E-state index contributed by atoms with van der Waals surface area (Å²) < 4.78 is 22.3. The van der Waals surface area contributed by atoms with Gasteiger partial charge in [-0.25, -0.2) is 13.6 Å². The minimum Gasteiger partial charge on any atom is -0.376 e. The van der Waals surface area contributed by atoms with Gasteiger partial charge in [0.05, 0.1) is 22.3 Å². The van der Waals surface area contributed by atoms with Gasteiger partial charge >= 0.3 is 0 Å². The van der Waals surface area contributed by atoms with Gasteiger partial charge < -0.3 is 5.32 Å². The average Bonchev–Trinajstić information content (AvgIpc) is 2.26. The van der Waals surface area contributed by atoms with Gasteiger partial charge in [0.25, 0.3) is 0 Å². The summed E-state index contributed by atoms with van der Waals surface area (Å²) in [6.45, 7) is 2.05. The summed E-state index contributed by atoms with van der Waals surface area (Å²) in [4.78, 5) is 4.30. The number of nitrogens with two attached hydrogens (primary N) is 1. The molecule has 1 aromatic carbocycles. The Morgan fingerprint density at radius 3 is 2.88 bits per heavy atom. The van der Waals surface area contributed by atoms with Gasteiger partial charge in [-0.15, -0.1) is 0 Å². The highest BCUT2D eigenvalue weighted by Crippen LogP contribution is 2.30. The normalized spacial score (nSPS) is 19.0. The minimum atomic E-state index is -3.66. The summed E-state index contributed by atoms with van der Waals surface area (Å²) in [6, 6.07) is 4.84. The van der Waals surface area contributed by atoms with E-state index in [4.69, 9.17) is 5.14 Å². The number of hydrogen-bond acceptors (Lipinski definition) is 4. The number of rotatable bonds is 2. The third-order valence-electron chi connectivity index (χ3n) is 2.47. The molecule has 1 unspecified atom stereocenters. The molecule has 1 heterocycles. The molecule has 0 saturated carbocycles. The van der Waals surface area contributed by atoms with Gasteiger partial charge in [-0.3, -0.25) is 4.99 Å². The number of anilines is 1. The molecule has 6 heteroatoms. The van der Waals surface area contributed by atoms with Crippen LogP contribution in [-0.2, 0) is 10.0 Å². The average molecular weight is 239 g/mol. The molecule has 86 valence electrons. The maximum Gasteiger partial charge on any atom is 0.238 e. The number of aliphatic imine (C=N–C) groups is 1. The van der Waals surface area contributed by atoms with Crippen LogP contribution in [0.2, 0.25) is 0 Å². The third-order valence-corrected chi connectivity index (χ3v) is 3.38. The van der Waals surface area contributed by atoms with E-state index in [0.717, 1.165) is 12.1 Å².